The number of benzene rings is 1. The third-order valence-electron chi connectivity index (χ3n) is 4.83. The van der Waals surface area contributed by atoms with Crippen molar-refractivity contribution in [1.82, 2.24) is 4.90 Å². The van der Waals surface area contributed by atoms with E-state index in [0.717, 1.165) is 37.1 Å². The Labute approximate surface area is 131 Å². The molecule has 21 heavy (non-hydrogen) atoms. The second-order valence-corrected chi connectivity index (χ2v) is 6.73. The molecule has 0 radical (unpaired) electrons. The van der Waals surface area contributed by atoms with Crippen molar-refractivity contribution in [2.45, 2.75) is 45.1 Å². The zero-order valence-electron chi connectivity index (χ0n) is 12.8. The van der Waals surface area contributed by atoms with E-state index >= 15 is 0 Å². The van der Waals surface area contributed by atoms with Gasteiger partial charge in [-0.1, -0.05) is 43.0 Å². The summed E-state index contributed by atoms with van der Waals surface area (Å²) in [6.07, 6.45) is 4.79. The maximum atomic E-state index is 11.8. The molecule has 3 nitrogen and oxygen atoms in total. The molecular weight excluding hydrogens is 286 g/mol. The SMILES string of the molecule is CC(c1ccc(Cl)cc1)N(C)CC1(C(=O)O)CCCCC1. The molecule has 2 rings (SSSR count). The summed E-state index contributed by atoms with van der Waals surface area (Å²) in [5, 5.41) is 10.4. The maximum absolute atomic E-state index is 11.8. The number of hydrogen-bond donors (Lipinski definition) is 1. The lowest BCUT2D eigenvalue weighted by Crippen LogP contribution is -2.43. The van der Waals surface area contributed by atoms with Crippen molar-refractivity contribution < 1.29 is 9.90 Å². The largest absolute Gasteiger partial charge is 0.481 e. The van der Waals surface area contributed by atoms with Gasteiger partial charge in [0.05, 0.1) is 5.41 Å². The van der Waals surface area contributed by atoms with Crippen LogP contribution >= 0.6 is 11.6 Å². The molecule has 1 aromatic rings. The predicted octanol–water partition coefficient (Wildman–Crippen LogP) is 4.37. The van der Waals surface area contributed by atoms with Gasteiger partial charge in [0.1, 0.15) is 0 Å². The van der Waals surface area contributed by atoms with Crippen LogP contribution in [-0.2, 0) is 4.79 Å². The highest BCUT2D eigenvalue weighted by molar-refractivity contribution is 6.30. The Morgan fingerprint density at radius 2 is 1.86 bits per heavy atom. The average Bonchev–Trinajstić information content (AvgIpc) is 2.48. The normalized spacial score (nSPS) is 19.4. The van der Waals surface area contributed by atoms with E-state index < -0.39 is 11.4 Å². The van der Waals surface area contributed by atoms with E-state index in [9.17, 15) is 9.90 Å². The van der Waals surface area contributed by atoms with Crippen LogP contribution in [0.2, 0.25) is 5.02 Å². The van der Waals surface area contributed by atoms with Crippen molar-refractivity contribution in [3.05, 3.63) is 34.9 Å². The van der Waals surface area contributed by atoms with Crippen LogP contribution in [-0.4, -0.2) is 29.6 Å². The summed E-state index contributed by atoms with van der Waals surface area (Å²) >= 11 is 5.92. The number of rotatable bonds is 5. The fraction of sp³-hybridized carbons (Fsp3) is 0.588. The van der Waals surface area contributed by atoms with Crippen LogP contribution in [0.1, 0.15) is 50.6 Å². The number of halogens is 1. The summed E-state index contributed by atoms with van der Waals surface area (Å²) in [4.78, 5) is 13.9. The first-order valence-corrected chi connectivity index (χ1v) is 8.01. The van der Waals surface area contributed by atoms with Crippen molar-refractivity contribution in [3.8, 4) is 0 Å². The van der Waals surface area contributed by atoms with Gasteiger partial charge in [0, 0.05) is 17.6 Å². The van der Waals surface area contributed by atoms with Gasteiger partial charge in [0.2, 0.25) is 0 Å². The first-order chi connectivity index (χ1) is 9.94. The Balaban J connectivity index is 2.09. The lowest BCUT2D eigenvalue weighted by molar-refractivity contribution is -0.152. The third kappa shape index (κ3) is 3.78. The van der Waals surface area contributed by atoms with E-state index in [-0.39, 0.29) is 6.04 Å². The summed E-state index contributed by atoms with van der Waals surface area (Å²) in [7, 11) is 2.01. The topological polar surface area (TPSA) is 40.5 Å². The van der Waals surface area contributed by atoms with Crippen LogP contribution in [0.25, 0.3) is 0 Å². The summed E-state index contributed by atoms with van der Waals surface area (Å²) in [5.74, 6) is -0.641. The quantitative estimate of drug-likeness (QED) is 0.878. The van der Waals surface area contributed by atoms with Gasteiger partial charge in [-0.2, -0.15) is 0 Å². The highest BCUT2D eigenvalue weighted by atomic mass is 35.5. The standard InChI is InChI=1S/C17H24ClNO2/c1-13(14-6-8-15(18)9-7-14)19(2)12-17(16(20)21)10-4-3-5-11-17/h6-9,13H,3-5,10-12H2,1-2H3,(H,20,21). The number of carboxylic acids is 1. The third-order valence-corrected chi connectivity index (χ3v) is 5.08. The summed E-state index contributed by atoms with van der Waals surface area (Å²) in [6.45, 7) is 2.72. The fourth-order valence-electron chi connectivity index (χ4n) is 3.28. The second kappa shape index (κ2) is 6.80. The average molecular weight is 310 g/mol. The molecular formula is C17H24ClNO2. The van der Waals surface area contributed by atoms with E-state index in [4.69, 9.17) is 11.6 Å². The lowest BCUT2D eigenvalue weighted by Gasteiger charge is -2.38. The molecule has 1 aliphatic carbocycles. The number of aliphatic carboxylic acids is 1. The summed E-state index contributed by atoms with van der Waals surface area (Å²) in [6, 6.07) is 7.97. The number of nitrogens with zero attached hydrogens (tertiary/aromatic N) is 1. The Bertz CT molecular complexity index is 480. The molecule has 1 aliphatic rings. The minimum Gasteiger partial charge on any atom is -0.481 e. The molecule has 1 saturated carbocycles. The van der Waals surface area contributed by atoms with Crippen molar-refractivity contribution in [3.63, 3.8) is 0 Å². The first kappa shape index (κ1) is 16.3. The van der Waals surface area contributed by atoms with Crippen LogP contribution in [0.15, 0.2) is 24.3 Å². The number of carboxylic acid groups (broad SMARTS) is 1. The zero-order valence-corrected chi connectivity index (χ0v) is 13.6. The van der Waals surface area contributed by atoms with Gasteiger partial charge in [0.25, 0.3) is 0 Å². The van der Waals surface area contributed by atoms with Gasteiger partial charge in [-0.05, 0) is 44.5 Å². The molecule has 0 heterocycles. The molecule has 116 valence electrons. The van der Waals surface area contributed by atoms with E-state index in [2.05, 4.69) is 11.8 Å². The molecule has 1 unspecified atom stereocenters. The molecule has 0 saturated heterocycles. The van der Waals surface area contributed by atoms with Gasteiger partial charge in [-0.25, -0.2) is 0 Å². The molecule has 4 heteroatoms. The predicted molar refractivity (Wildman–Crippen MR) is 85.7 cm³/mol. The molecule has 0 spiro atoms. The fourth-order valence-corrected chi connectivity index (χ4v) is 3.40. The van der Waals surface area contributed by atoms with E-state index in [1.807, 2.05) is 31.3 Å². The Morgan fingerprint density at radius 3 is 2.38 bits per heavy atom. The van der Waals surface area contributed by atoms with Crippen LogP contribution < -0.4 is 0 Å². The lowest BCUT2D eigenvalue weighted by atomic mass is 9.73. The maximum Gasteiger partial charge on any atom is 0.310 e. The first-order valence-electron chi connectivity index (χ1n) is 7.64. The minimum absolute atomic E-state index is 0.181. The van der Waals surface area contributed by atoms with Crippen LogP contribution in [0.5, 0.6) is 0 Å². The van der Waals surface area contributed by atoms with Gasteiger partial charge in [-0.15, -0.1) is 0 Å². The van der Waals surface area contributed by atoms with Crippen molar-refractivity contribution in [2.24, 2.45) is 5.41 Å². The van der Waals surface area contributed by atoms with Crippen molar-refractivity contribution in [2.75, 3.05) is 13.6 Å². The van der Waals surface area contributed by atoms with Crippen molar-refractivity contribution in [1.29, 1.82) is 0 Å². The summed E-state index contributed by atoms with van der Waals surface area (Å²) < 4.78 is 0. The molecule has 0 amide bonds. The molecule has 1 atom stereocenters. The van der Waals surface area contributed by atoms with E-state index in [0.29, 0.717) is 6.54 Å². The van der Waals surface area contributed by atoms with Crippen LogP contribution in [0.3, 0.4) is 0 Å². The molecule has 1 aromatic carbocycles. The summed E-state index contributed by atoms with van der Waals surface area (Å²) in [5.41, 5.74) is 0.589. The van der Waals surface area contributed by atoms with Crippen molar-refractivity contribution >= 4 is 17.6 Å². The van der Waals surface area contributed by atoms with Gasteiger partial charge >= 0.3 is 5.97 Å². The molecule has 0 aliphatic heterocycles. The molecule has 0 aromatic heterocycles. The number of carbonyl (C=O) groups is 1. The van der Waals surface area contributed by atoms with Gasteiger partial charge in [-0.3, -0.25) is 9.69 Å². The molecule has 0 bridgehead atoms. The second-order valence-electron chi connectivity index (χ2n) is 6.29. The number of hydrogen-bond acceptors (Lipinski definition) is 2. The Kier molecular flexibility index (Phi) is 5.28. The highest BCUT2D eigenvalue weighted by Gasteiger charge is 2.41. The Hall–Kier alpha value is -1.06. The molecule has 1 fully saturated rings. The Morgan fingerprint density at radius 1 is 1.29 bits per heavy atom. The highest BCUT2D eigenvalue weighted by Crippen LogP contribution is 2.38. The zero-order chi connectivity index (χ0) is 15.5. The van der Waals surface area contributed by atoms with Gasteiger partial charge in [0.15, 0.2) is 0 Å². The monoisotopic (exact) mass is 309 g/mol. The smallest absolute Gasteiger partial charge is 0.310 e. The minimum atomic E-state index is -0.641. The van der Waals surface area contributed by atoms with Crippen LogP contribution in [0, 0.1) is 5.41 Å². The van der Waals surface area contributed by atoms with E-state index in [1.54, 1.807) is 0 Å². The van der Waals surface area contributed by atoms with Gasteiger partial charge < -0.3 is 5.11 Å². The molecule has 1 N–H and O–H groups in total. The van der Waals surface area contributed by atoms with Crippen LogP contribution in [0.4, 0.5) is 0 Å². The van der Waals surface area contributed by atoms with E-state index in [1.165, 1.54) is 5.56 Å².